The number of benzene rings is 4. The van der Waals surface area contributed by atoms with Crippen LogP contribution < -0.4 is 0 Å². The summed E-state index contributed by atoms with van der Waals surface area (Å²) >= 11 is 0. The van der Waals surface area contributed by atoms with Crippen molar-refractivity contribution in [1.82, 2.24) is 0 Å². The molecular formula is C23H16O. The lowest BCUT2D eigenvalue weighted by molar-refractivity contribution is 0.104. The largest absolute Gasteiger partial charge is 0.289 e. The Balaban J connectivity index is 1.88. The van der Waals surface area contributed by atoms with Crippen molar-refractivity contribution in [2.45, 2.75) is 0 Å². The van der Waals surface area contributed by atoms with Crippen LogP contribution in [0.15, 0.2) is 91.0 Å². The van der Waals surface area contributed by atoms with Gasteiger partial charge in [-0.15, -0.1) is 0 Å². The zero-order valence-corrected chi connectivity index (χ0v) is 13.1. The fraction of sp³-hybridized carbons (Fsp3) is 0. The maximum atomic E-state index is 12.4. The van der Waals surface area contributed by atoms with Gasteiger partial charge >= 0.3 is 0 Å². The summed E-state index contributed by atoms with van der Waals surface area (Å²) in [6, 6.07) is 28.1. The minimum Gasteiger partial charge on any atom is -0.289 e. The molecule has 0 atom stereocenters. The highest BCUT2D eigenvalue weighted by molar-refractivity contribution is 6.11. The van der Waals surface area contributed by atoms with Crippen LogP contribution in [0.5, 0.6) is 0 Å². The van der Waals surface area contributed by atoms with E-state index >= 15 is 0 Å². The first-order valence-electron chi connectivity index (χ1n) is 8.01. The molecule has 24 heavy (non-hydrogen) atoms. The summed E-state index contributed by atoms with van der Waals surface area (Å²) in [5, 5.41) is 4.69. The molecule has 1 nitrogen and oxygen atoms in total. The monoisotopic (exact) mass is 308 g/mol. The number of carbonyl (C=O) groups is 1. The second kappa shape index (κ2) is 6.13. The third kappa shape index (κ3) is 2.61. The minimum absolute atomic E-state index is 0.0209. The predicted molar refractivity (Wildman–Crippen MR) is 101 cm³/mol. The van der Waals surface area contributed by atoms with Gasteiger partial charge in [0.25, 0.3) is 0 Å². The van der Waals surface area contributed by atoms with Crippen molar-refractivity contribution in [2.24, 2.45) is 0 Å². The van der Waals surface area contributed by atoms with E-state index in [1.807, 2.05) is 60.7 Å². The molecule has 4 aromatic carbocycles. The highest BCUT2D eigenvalue weighted by Gasteiger charge is 2.06. The lowest BCUT2D eigenvalue weighted by Gasteiger charge is -2.08. The molecule has 0 amide bonds. The Labute approximate surface area is 140 Å². The van der Waals surface area contributed by atoms with E-state index in [2.05, 4.69) is 30.3 Å². The molecule has 4 rings (SSSR count). The van der Waals surface area contributed by atoms with Crippen LogP contribution in [0.25, 0.3) is 27.6 Å². The SMILES string of the molecule is O=C(/C=C/c1c2ccccc2cc2ccccc12)c1ccccc1. The van der Waals surface area contributed by atoms with Gasteiger partial charge in [-0.1, -0.05) is 78.9 Å². The summed E-state index contributed by atoms with van der Waals surface area (Å²) in [5.74, 6) is 0.0209. The fourth-order valence-electron chi connectivity index (χ4n) is 3.09. The third-order valence-electron chi connectivity index (χ3n) is 4.27. The number of rotatable bonds is 3. The van der Waals surface area contributed by atoms with Crippen LogP contribution in [-0.4, -0.2) is 5.78 Å². The maximum Gasteiger partial charge on any atom is 0.185 e. The summed E-state index contributed by atoms with van der Waals surface area (Å²) in [6.07, 6.45) is 3.61. The molecule has 0 fully saturated rings. The molecule has 114 valence electrons. The van der Waals surface area contributed by atoms with Crippen molar-refractivity contribution in [2.75, 3.05) is 0 Å². The Kier molecular flexibility index (Phi) is 3.68. The Morgan fingerprint density at radius 3 is 1.83 bits per heavy atom. The molecule has 1 heteroatoms. The first kappa shape index (κ1) is 14.4. The lowest BCUT2D eigenvalue weighted by atomic mass is 9.96. The van der Waals surface area contributed by atoms with Crippen molar-refractivity contribution < 1.29 is 4.79 Å². The summed E-state index contributed by atoms with van der Waals surface area (Å²) in [6.45, 7) is 0. The Morgan fingerprint density at radius 2 is 1.21 bits per heavy atom. The zero-order valence-electron chi connectivity index (χ0n) is 13.1. The molecule has 4 aromatic rings. The molecule has 0 spiro atoms. The molecule has 0 saturated heterocycles. The molecular weight excluding hydrogens is 292 g/mol. The van der Waals surface area contributed by atoms with Gasteiger partial charge in [-0.2, -0.15) is 0 Å². The zero-order chi connectivity index (χ0) is 16.4. The maximum absolute atomic E-state index is 12.4. The molecule has 0 bridgehead atoms. The lowest BCUT2D eigenvalue weighted by Crippen LogP contribution is -1.93. The number of fused-ring (bicyclic) bond motifs is 2. The van der Waals surface area contributed by atoms with Crippen LogP contribution in [0.2, 0.25) is 0 Å². The van der Waals surface area contributed by atoms with E-state index in [9.17, 15) is 4.79 Å². The summed E-state index contributed by atoms with van der Waals surface area (Å²) < 4.78 is 0. The van der Waals surface area contributed by atoms with Crippen LogP contribution in [0.4, 0.5) is 0 Å². The standard InChI is InChI=1S/C23H16O/c24-23(17-8-2-1-3-9-17)15-14-22-20-12-6-4-10-18(20)16-19-11-5-7-13-21(19)22/h1-16H/b15-14+. The van der Waals surface area contributed by atoms with Crippen LogP contribution in [0, 0.1) is 0 Å². The van der Waals surface area contributed by atoms with E-state index in [1.54, 1.807) is 6.08 Å². The average Bonchev–Trinajstić information content (AvgIpc) is 2.65. The van der Waals surface area contributed by atoms with E-state index in [4.69, 9.17) is 0 Å². The number of allylic oxidation sites excluding steroid dienone is 1. The normalized spacial score (nSPS) is 11.3. The van der Waals surface area contributed by atoms with E-state index in [0.29, 0.717) is 5.56 Å². The summed E-state index contributed by atoms with van der Waals surface area (Å²) in [7, 11) is 0. The number of ketones is 1. The summed E-state index contributed by atoms with van der Waals surface area (Å²) in [4.78, 5) is 12.4. The second-order valence-corrected chi connectivity index (χ2v) is 5.80. The molecule has 0 heterocycles. The van der Waals surface area contributed by atoms with Crippen molar-refractivity contribution in [3.63, 3.8) is 0 Å². The predicted octanol–water partition coefficient (Wildman–Crippen LogP) is 5.89. The molecule has 0 aliphatic heterocycles. The second-order valence-electron chi connectivity index (χ2n) is 5.80. The molecule has 0 aliphatic carbocycles. The van der Waals surface area contributed by atoms with Gasteiger partial charge in [0.1, 0.15) is 0 Å². The van der Waals surface area contributed by atoms with Gasteiger partial charge in [0.2, 0.25) is 0 Å². The number of hydrogen-bond acceptors (Lipinski definition) is 1. The highest BCUT2D eigenvalue weighted by atomic mass is 16.1. The quantitative estimate of drug-likeness (QED) is 0.262. The third-order valence-corrected chi connectivity index (χ3v) is 4.27. The molecule has 0 unspecified atom stereocenters. The first-order valence-corrected chi connectivity index (χ1v) is 8.01. The minimum atomic E-state index is 0.0209. The van der Waals surface area contributed by atoms with E-state index < -0.39 is 0 Å². The molecule has 0 aliphatic rings. The van der Waals surface area contributed by atoms with Crippen LogP contribution in [0.1, 0.15) is 15.9 Å². The molecule has 0 aromatic heterocycles. The van der Waals surface area contributed by atoms with Crippen LogP contribution in [-0.2, 0) is 0 Å². The van der Waals surface area contributed by atoms with Gasteiger partial charge in [0, 0.05) is 5.56 Å². The number of hydrogen-bond donors (Lipinski definition) is 0. The first-order chi connectivity index (χ1) is 11.8. The van der Waals surface area contributed by atoms with Crippen LogP contribution >= 0.6 is 0 Å². The molecule has 0 saturated carbocycles. The topological polar surface area (TPSA) is 17.1 Å². The molecule has 0 radical (unpaired) electrons. The van der Waals surface area contributed by atoms with Crippen molar-refractivity contribution in [3.8, 4) is 0 Å². The van der Waals surface area contributed by atoms with Gasteiger partial charge in [-0.3, -0.25) is 4.79 Å². The highest BCUT2D eigenvalue weighted by Crippen LogP contribution is 2.29. The Hall–Kier alpha value is -3.19. The van der Waals surface area contributed by atoms with Crippen molar-refractivity contribution >= 4 is 33.4 Å². The fourth-order valence-corrected chi connectivity index (χ4v) is 3.09. The Morgan fingerprint density at radius 1 is 0.667 bits per heavy atom. The molecule has 0 N–H and O–H groups in total. The van der Waals surface area contributed by atoms with Crippen molar-refractivity contribution in [1.29, 1.82) is 0 Å². The smallest absolute Gasteiger partial charge is 0.185 e. The van der Waals surface area contributed by atoms with Gasteiger partial charge in [0.05, 0.1) is 0 Å². The van der Waals surface area contributed by atoms with Gasteiger partial charge in [-0.25, -0.2) is 0 Å². The summed E-state index contributed by atoms with van der Waals surface area (Å²) in [5.41, 5.74) is 1.80. The van der Waals surface area contributed by atoms with Crippen LogP contribution in [0.3, 0.4) is 0 Å². The number of carbonyl (C=O) groups excluding carboxylic acids is 1. The van der Waals surface area contributed by atoms with Crippen molar-refractivity contribution in [3.05, 3.63) is 102 Å². The van der Waals surface area contributed by atoms with Gasteiger partial charge in [-0.05, 0) is 45.3 Å². The van der Waals surface area contributed by atoms with Gasteiger partial charge in [0.15, 0.2) is 5.78 Å². The van der Waals surface area contributed by atoms with E-state index in [-0.39, 0.29) is 5.78 Å². The van der Waals surface area contributed by atoms with Gasteiger partial charge < -0.3 is 0 Å². The Bertz CT molecular complexity index is 1010. The van der Waals surface area contributed by atoms with E-state index in [1.165, 1.54) is 10.8 Å². The van der Waals surface area contributed by atoms with E-state index in [0.717, 1.165) is 16.3 Å². The average molecular weight is 308 g/mol.